The highest BCUT2D eigenvalue weighted by Crippen LogP contribution is 2.30. The van der Waals surface area contributed by atoms with Crippen molar-refractivity contribution in [3.8, 4) is 0 Å². The van der Waals surface area contributed by atoms with Gasteiger partial charge in [0, 0.05) is 17.3 Å². The zero-order valence-electron chi connectivity index (χ0n) is 10.9. The van der Waals surface area contributed by atoms with Crippen LogP contribution in [0.15, 0.2) is 0 Å². The second-order valence-corrected chi connectivity index (χ2v) is 6.86. The largest absolute Gasteiger partial charge is 0.311 e. The summed E-state index contributed by atoms with van der Waals surface area (Å²) in [6.45, 7) is 2.42. The number of hydrogen-bond donors (Lipinski definition) is 1. The van der Waals surface area contributed by atoms with Crippen molar-refractivity contribution in [2.75, 3.05) is 6.26 Å². The smallest absolute Gasteiger partial charge is 0.00801 e. The third kappa shape index (κ3) is 3.40. The summed E-state index contributed by atoms with van der Waals surface area (Å²) >= 11 is 2.07. The van der Waals surface area contributed by atoms with Crippen molar-refractivity contribution in [1.29, 1.82) is 0 Å². The lowest BCUT2D eigenvalue weighted by atomic mass is 9.92. The molecule has 0 heterocycles. The van der Waals surface area contributed by atoms with Gasteiger partial charge in [-0.15, -0.1) is 0 Å². The van der Waals surface area contributed by atoms with E-state index in [1.165, 1.54) is 51.4 Å². The molecule has 2 saturated carbocycles. The van der Waals surface area contributed by atoms with E-state index in [2.05, 4.69) is 30.3 Å². The van der Waals surface area contributed by atoms with Crippen molar-refractivity contribution in [2.45, 2.75) is 75.6 Å². The molecular weight excluding hydrogens is 214 g/mol. The van der Waals surface area contributed by atoms with Crippen molar-refractivity contribution in [3.05, 3.63) is 0 Å². The third-order valence-electron chi connectivity index (χ3n) is 4.56. The number of thioether (sulfide) groups is 1. The second kappa shape index (κ2) is 6.30. The van der Waals surface area contributed by atoms with Crippen LogP contribution in [0.3, 0.4) is 0 Å². The lowest BCUT2D eigenvalue weighted by molar-refractivity contribution is 0.296. The Morgan fingerprint density at radius 3 is 2.50 bits per heavy atom. The van der Waals surface area contributed by atoms with E-state index >= 15 is 0 Å². The van der Waals surface area contributed by atoms with Crippen LogP contribution in [-0.2, 0) is 0 Å². The van der Waals surface area contributed by atoms with Gasteiger partial charge in [-0.25, -0.2) is 0 Å². The second-order valence-electron chi connectivity index (χ2n) is 5.72. The van der Waals surface area contributed by atoms with Crippen LogP contribution < -0.4 is 5.32 Å². The van der Waals surface area contributed by atoms with Crippen LogP contribution in [0.2, 0.25) is 0 Å². The monoisotopic (exact) mass is 241 g/mol. The van der Waals surface area contributed by atoms with Gasteiger partial charge in [-0.05, 0) is 51.2 Å². The molecule has 0 saturated heterocycles. The Hall–Kier alpha value is 0.310. The van der Waals surface area contributed by atoms with Crippen molar-refractivity contribution in [1.82, 2.24) is 5.32 Å². The van der Waals surface area contributed by atoms with Crippen molar-refractivity contribution in [2.24, 2.45) is 5.92 Å². The molecule has 0 radical (unpaired) electrons. The Morgan fingerprint density at radius 1 is 1.06 bits per heavy atom. The first-order valence-electron chi connectivity index (χ1n) is 7.08. The lowest BCUT2D eigenvalue weighted by Gasteiger charge is -2.33. The predicted molar refractivity (Wildman–Crippen MR) is 74.1 cm³/mol. The summed E-state index contributed by atoms with van der Waals surface area (Å²) in [5.74, 6) is 0.967. The standard InChI is InChI=1S/C14H27NS/c1-11(12-6-3-4-7-12)15-13-8-5-9-14(10-13)16-2/h11-15H,3-10H2,1-2H3. The first-order chi connectivity index (χ1) is 7.79. The van der Waals surface area contributed by atoms with Gasteiger partial charge in [0.25, 0.3) is 0 Å². The first kappa shape index (κ1) is 12.8. The van der Waals surface area contributed by atoms with E-state index in [4.69, 9.17) is 0 Å². The van der Waals surface area contributed by atoms with Gasteiger partial charge in [0.1, 0.15) is 0 Å². The van der Waals surface area contributed by atoms with Crippen molar-refractivity contribution in [3.63, 3.8) is 0 Å². The Kier molecular flexibility index (Phi) is 5.02. The zero-order chi connectivity index (χ0) is 11.4. The minimum Gasteiger partial charge on any atom is -0.311 e. The van der Waals surface area contributed by atoms with Crippen LogP contribution in [0.1, 0.15) is 58.3 Å². The van der Waals surface area contributed by atoms with E-state index in [0.717, 1.165) is 23.3 Å². The van der Waals surface area contributed by atoms with Gasteiger partial charge in [-0.3, -0.25) is 0 Å². The maximum atomic E-state index is 3.91. The van der Waals surface area contributed by atoms with Crippen LogP contribution in [0.5, 0.6) is 0 Å². The minimum absolute atomic E-state index is 0.758. The Morgan fingerprint density at radius 2 is 1.81 bits per heavy atom. The molecule has 0 amide bonds. The third-order valence-corrected chi connectivity index (χ3v) is 5.66. The molecule has 0 bridgehead atoms. The van der Waals surface area contributed by atoms with Crippen LogP contribution in [0.25, 0.3) is 0 Å². The number of nitrogens with one attached hydrogen (secondary N) is 1. The van der Waals surface area contributed by atoms with Gasteiger partial charge < -0.3 is 5.32 Å². The molecule has 0 spiro atoms. The number of rotatable bonds is 4. The summed E-state index contributed by atoms with van der Waals surface area (Å²) < 4.78 is 0. The zero-order valence-corrected chi connectivity index (χ0v) is 11.7. The fraction of sp³-hybridized carbons (Fsp3) is 1.00. The van der Waals surface area contributed by atoms with E-state index < -0.39 is 0 Å². The molecule has 3 atom stereocenters. The molecule has 0 aliphatic heterocycles. The Bertz CT molecular complexity index is 201. The number of hydrogen-bond acceptors (Lipinski definition) is 2. The predicted octanol–water partition coefficient (Wildman–Crippen LogP) is 3.83. The van der Waals surface area contributed by atoms with Gasteiger partial charge in [0.15, 0.2) is 0 Å². The van der Waals surface area contributed by atoms with Gasteiger partial charge in [-0.1, -0.05) is 19.3 Å². The average molecular weight is 241 g/mol. The molecule has 94 valence electrons. The fourth-order valence-corrected chi connectivity index (χ4v) is 4.30. The molecule has 2 rings (SSSR count). The topological polar surface area (TPSA) is 12.0 Å². The minimum atomic E-state index is 0.758. The first-order valence-corrected chi connectivity index (χ1v) is 8.37. The molecule has 2 aliphatic rings. The van der Waals surface area contributed by atoms with Gasteiger partial charge in [0.2, 0.25) is 0 Å². The summed E-state index contributed by atoms with van der Waals surface area (Å²) in [7, 11) is 0. The van der Waals surface area contributed by atoms with E-state index in [1.54, 1.807) is 0 Å². The van der Waals surface area contributed by atoms with Crippen LogP contribution in [0.4, 0.5) is 0 Å². The summed E-state index contributed by atoms with van der Waals surface area (Å²) in [5.41, 5.74) is 0. The normalized spacial score (nSPS) is 34.1. The maximum Gasteiger partial charge on any atom is 0.00801 e. The van der Waals surface area contributed by atoms with Crippen molar-refractivity contribution < 1.29 is 0 Å². The van der Waals surface area contributed by atoms with Crippen LogP contribution in [0, 0.1) is 5.92 Å². The van der Waals surface area contributed by atoms with Crippen LogP contribution in [-0.4, -0.2) is 23.6 Å². The Balaban J connectivity index is 1.75. The molecule has 3 unspecified atom stereocenters. The van der Waals surface area contributed by atoms with Gasteiger partial charge in [0.05, 0.1) is 0 Å². The molecule has 2 heteroatoms. The quantitative estimate of drug-likeness (QED) is 0.803. The molecule has 2 fully saturated rings. The van der Waals surface area contributed by atoms with E-state index in [0.29, 0.717) is 0 Å². The Labute approximate surface area is 105 Å². The van der Waals surface area contributed by atoms with Crippen molar-refractivity contribution >= 4 is 11.8 Å². The molecule has 0 aromatic heterocycles. The van der Waals surface area contributed by atoms with E-state index in [9.17, 15) is 0 Å². The summed E-state index contributed by atoms with van der Waals surface area (Å²) in [6, 6.07) is 1.56. The molecule has 1 nitrogen and oxygen atoms in total. The highest BCUT2D eigenvalue weighted by atomic mass is 32.2. The molecule has 2 aliphatic carbocycles. The lowest BCUT2D eigenvalue weighted by Crippen LogP contribution is -2.43. The molecule has 16 heavy (non-hydrogen) atoms. The molecule has 0 aromatic rings. The highest BCUT2D eigenvalue weighted by molar-refractivity contribution is 7.99. The fourth-order valence-electron chi connectivity index (χ4n) is 3.48. The molecule has 1 N–H and O–H groups in total. The highest BCUT2D eigenvalue weighted by Gasteiger charge is 2.26. The maximum absolute atomic E-state index is 3.91. The molecule has 0 aromatic carbocycles. The SMILES string of the molecule is CSC1CCCC(NC(C)C2CCCC2)C1. The van der Waals surface area contributed by atoms with E-state index in [-0.39, 0.29) is 0 Å². The average Bonchev–Trinajstić information content (AvgIpc) is 2.83. The summed E-state index contributed by atoms with van der Waals surface area (Å²) in [4.78, 5) is 0. The van der Waals surface area contributed by atoms with Crippen LogP contribution >= 0.6 is 11.8 Å². The van der Waals surface area contributed by atoms with E-state index in [1.807, 2.05) is 0 Å². The van der Waals surface area contributed by atoms with Gasteiger partial charge >= 0.3 is 0 Å². The van der Waals surface area contributed by atoms with Gasteiger partial charge in [-0.2, -0.15) is 11.8 Å². The molecular formula is C14H27NS. The summed E-state index contributed by atoms with van der Waals surface area (Å²) in [6.07, 6.45) is 13.8. The summed E-state index contributed by atoms with van der Waals surface area (Å²) in [5, 5.41) is 4.83.